The van der Waals surface area contributed by atoms with Crippen molar-refractivity contribution < 1.29 is 5.11 Å². The molecule has 0 aliphatic rings. The second-order valence-electron chi connectivity index (χ2n) is 2.65. The fourth-order valence-corrected chi connectivity index (χ4v) is 0.844. The minimum Gasteiger partial charge on any atom is -0.393 e. The highest BCUT2D eigenvalue weighted by Crippen LogP contribution is 2.04. The molecule has 1 atom stereocenters. The fourth-order valence-electron chi connectivity index (χ4n) is 0.844. The Morgan fingerprint density at radius 1 is 1.40 bits per heavy atom. The van der Waals surface area contributed by atoms with Crippen molar-refractivity contribution in [2.45, 2.75) is 45.1 Å². The molecule has 0 radical (unpaired) electrons. The highest BCUT2D eigenvalue weighted by atomic mass is 16.3. The van der Waals surface area contributed by atoms with Gasteiger partial charge in [0.2, 0.25) is 0 Å². The third-order valence-electron chi connectivity index (χ3n) is 1.44. The molecule has 10 heavy (non-hydrogen) atoms. The Balaban J connectivity index is 2.86. The molecule has 0 aromatic carbocycles. The van der Waals surface area contributed by atoms with Gasteiger partial charge < -0.3 is 5.11 Å². The molecule has 0 saturated carbocycles. The molecule has 0 aliphatic carbocycles. The first kappa shape index (κ1) is 9.52. The molecular weight excluding hydrogens is 124 g/mol. The van der Waals surface area contributed by atoms with Gasteiger partial charge in [-0.1, -0.05) is 12.8 Å². The molecule has 1 heteroatoms. The molecule has 1 N–H and O–H groups in total. The molecule has 58 valence electrons. The molecule has 0 rings (SSSR count). The van der Waals surface area contributed by atoms with Crippen molar-refractivity contribution in [1.82, 2.24) is 0 Å². The number of hydrogen-bond acceptors (Lipinski definition) is 1. The van der Waals surface area contributed by atoms with E-state index in [1.165, 1.54) is 0 Å². The Labute approximate surface area is 63.5 Å². The van der Waals surface area contributed by atoms with E-state index < -0.39 is 0 Å². The average molecular weight is 140 g/mol. The van der Waals surface area contributed by atoms with Gasteiger partial charge in [0, 0.05) is 6.42 Å². The van der Waals surface area contributed by atoms with Crippen LogP contribution < -0.4 is 0 Å². The van der Waals surface area contributed by atoms with Gasteiger partial charge in [0.25, 0.3) is 0 Å². The predicted molar refractivity (Wildman–Crippen MR) is 43.6 cm³/mol. The summed E-state index contributed by atoms with van der Waals surface area (Å²) in [7, 11) is 0. The number of rotatable bonds is 5. The van der Waals surface area contributed by atoms with Crippen LogP contribution in [0, 0.1) is 12.3 Å². The van der Waals surface area contributed by atoms with Crippen molar-refractivity contribution in [1.29, 1.82) is 0 Å². The summed E-state index contributed by atoms with van der Waals surface area (Å²) in [5.41, 5.74) is 0. The summed E-state index contributed by atoms with van der Waals surface area (Å²) in [6.07, 6.45) is 10.1. The van der Waals surface area contributed by atoms with Gasteiger partial charge in [-0.15, -0.1) is 12.3 Å². The van der Waals surface area contributed by atoms with Crippen LogP contribution in [0.1, 0.15) is 39.0 Å². The van der Waals surface area contributed by atoms with E-state index >= 15 is 0 Å². The lowest BCUT2D eigenvalue weighted by molar-refractivity contribution is 0.180. The summed E-state index contributed by atoms with van der Waals surface area (Å²) in [6, 6.07) is 0. The van der Waals surface area contributed by atoms with Crippen LogP contribution in [0.25, 0.3) is 0 Å². The maximum atomic E-state index is 8.87. The number of aliphatic hydroxyl groups is 1. The molecule has 0 spiro atoms. The van der Waals surface area contributed by atoms with Gasteiger partial charge in [0.05, 0.1) is 6.10 Å². The van der Waals surface area contributed by atoms with Gasteiger partial charge in [0.15, 0.2) is 0 Å². The average Bonchev–Trinajstić information content (AvgIpc) is 1.87. The molecule has 0 bridgehead atoms. The minimum absolute atomic E-state index is 0.147. The maximum absolute atomic E-state index is 8.87. The maximum Gasteiger partial charge on any atom is 0.0512 e. The number of terminal acetylenes is 1. The smallest absolute Gasteiger partial charge is 0.0512 e. The normalized spacial score (nSPS) is 12.5. The van der Waals surface area contributed by atoms with Crippen molar-refractivity contribution >= 4 is 0 Å². The van der Waals surface area contributed by atoms with Gasteiger partial charge in [-0.05, 0) is 19.8 Å². The summed E-state index contributed by atoms with van der Waals surface area (Å²) in [4.78, 5) is 0. The first-order valence-corrected chi connectivity index (χ1v) is 3.89. The van der Waals surface area contributed by atoms with Crippen molar-refractivity contribution in [3.05, 3.63) is 0 Å². The summed E-state index contributed by atoms with van der Waals surface area (Å²) >= 11 is 0. The Bertz CT molecular complexity index is 99.8. The molecule has 1 nitrogen and oxygen atoms in total. The Kier molecular flexibility index (Phi) is 6.32. The molecule has 0 heterocycles. The van der Waals surface area contributed by atoms with Crippen LogP contribution in [0.15, 0.2) is 0 Å². The summed E-state index contributed by atoms with van der Waals surface area (Å²) in [5.74, 6) is 2.59. The highest BCUT2D eigenvalue weighted by molar-refractivity contribution is 4.82. The Morgan fingerprint density at radius 2 is 2.10 bits per heavy atom. The first-order valence-electron chi connectivity index (χ1n) is 3.89. The Morgan fingerprint density at radius 3 is 2.60 bits per heavy atom. The zero-order valence-electron chi connectivity index (χ0n) is 6.64. The molecule has 0 saturated heterocycles. The van der Waals surface area contributed by atoms with Crippen LogP contribution in [-0.2, 0) is 0 Å². The number of hydrogen-bond donors (Lipinski definition) is 1. The number of aliphatic hydroxyl groups excluding tert-OH is 1. The quantitative estimate of drug-likeness (QED) is 0.457. The lowest BCUT2D eigenvalue weighted by Crippen LogP contribution is -1.97. The van der Waals surface area contributed by atoms with E-state index in [0.29, 0.717) is 0 Å². The Hall–Kier alpha value is -0.480. The topological polar surface area (TPSA) is 20.2 Å². The molecule has 0 fully saturated rings. The second kappa shape index (κ2) is 6.64. The van der Waals surface area contributed by atoms with Crippen LogP contribution in [0.4, 0.5) is 0 Å². The largest absolute Gasteiger partial charge is 0.393 e. The minimum atomic E-state index is -0.147. The van der Waals surface area contributed by atoms with Gasteiger partial charge >= 0.3 is 0 Å². The van der Waals surface area contributed by atoms with Crippen LogP contribution in [0.3, 0.4) is 0 Å². The predicted octanol–water partition coefficient (Wildman–Crippen LogP) is 1.95. The molecule has 0 aromatic heterocycles. The first-order chi connectivity index (χ1) is 4.77. The van der Waals surface area contributed by atoms with Crippen molar-refractivity contribution in [3.63, 3.8) is 0 Å². The van der Waals surface area contributed by atoms with Crippen LogP contribution in [0.2, 0.25) is 0 Å². The summed E-state index contributed by atoms with van der Waals surface area (Å²) < 4.78 is 0. The molecular formula is C9H16O. The van der Waals surface area contributed by atoms with Crippen molar-refractivity contribution in [2.24, 2.45) is 0 Å². The lowest BCUT2D eigenvalue weighted by atomic mass is 10.1. The fraction of sp³-hybridized carbons (Fsp3) is 0.778. The van der Waals surface area contributed by atoms with E-state index in [2.05, 4.69) is 5.92 Å². The summed E-state index contributed by atoms with van der Waals surface area (Å²) in [6.45, 7) is 1.82. The zero-order chi connectivity index (χ0) is 7.82. The molecule has 0 amide bonds. The third kappa shape index (κ3) is 7.52. The third-order valence-corrected chi connectivity index (χ3v) is 1.44. The standard InChI is InChI=1S/C9H16O/c1-3-4-5-6-7-8-9(2)10/h1,9-10H,4-8H2,2H3. The molecule has 0 aromatic rings. The lowest BCUT2D eigenvalue weighted by Gasteiger charge is -2.01. The second-order valence-corrected chi connectivity index (χ2v) is 2.65. The van der Waals surface area contributed by atoms with Gasteiger partial charge in [-0.25, -0.2) is 0 Å². The monoisotopic (exact) mass is 140 g/mol. The van der Waals surface area contributed by atoms with E-state index in [4.69, 9.17) is 11.5 Å². The van der Waals surface area contributed by atoms with Crippen LogP contribution >= 0.6 is 0 Å². The van der Waals surface area contributed by atoms with E-state index in [1.807, 2.05) is 6.92 Å². The van der Waals surface area contributed by atoms with Crippen molar-refractivity contribution in [2.75, 3.05) is 0 Å². The molecule has 0 aliphatic heterocycles. The highest BCUT2D eigenvalue weighted by Gasteiger charge is 1.93. The molecule has 1 unspecified atom stereocenters. The zero-order valence-corrected chi connectivity index (χ0v) is 6.64. The van der Waals surface area contributed by atoms with E-state index in [0.717, 1.165) is 32.1 Å². The van der Waals surface area contributed by atoms with Crippen LogP contribution in [0.5, 0.6) is 0 Å². The van der Waals surface area contributed by atoms with E-state index in [9.17, 15) is 0 Å². The van der Waals surface area contributed by atoms with Crippen molar-refractivity contribution in [3.8, 4) is 12.3 Å². The number of unbranched alkanes of at least 4 members (excludes halogenated alkanes) is 3. The summed E-state index contributed by atoms with van der Waals surface area (Å²) in [5, 5.41) is 8.87. The van der Waals surface area contributed by atoms with Gasteiger partial charge in [-0.2, -0.15) is 0 Å². The van der Waals surface area contributed by atoms with E-state index in [1.54, 1.807) is 0 Å². The SMILES string of the molecule is C#CCCCCCC(C)O. The van der Waals surface area contributed by atoms with E-state index in [-0.39, 0.29) is 6.10 Å². The van der Waals surface area contributed by atoms with Crippen LogP contribution in [-0.4, -0.2) is 11.2 Å². The van der Waals surface area contributed by atoms with Gasteiger partial charge in [-0.3, -0.25) is 0 Å². The van der Waals surface area contributed by atoms with Gasteiger partial charge in [0.1, 0.15) is 0 Å².